The molecule has 0 saturated carbocycles. The van der Waals surface area contributed by atoms with Crippen molar-refractivity contribution in [3.05, 3.63) is 59.7 Å². The van der Waals surface area contributed by atoms with E-state index in [-0.39, 0.29) is 23.9 Å². The normalized spacial score (nSPS) is 16.6. The van der Waals surface area contributed by atoms with Gasteiger partial charge in [0.2, 0.25) is 17.6 Å². The first kappa shape index (κ1) is 18.2. The number of nitrogens with zero attached hydrogens (tertiary/aromatic N) is 3. The molecule has 4 rings (SSSR count). The third kappa shape index (κ3) is 3.47. The molecule has 0 N–H and O–H groups in total. The van der Waals surface area contributed by atoms with Gasteiger partial charge in [-0.1, -0.05) is 11.2 Å². The Morgan fingerprint density at radius 3 is 2.75 bits per heavy atom. The maximum atomic E-state index is 14.3. The molecule has 3 aromatic rings. The second-order valence-electron chi connectivity index (χ2n) is 6.77. The average Bonchev–Trinajstić information content (AvgIpc) is 3.30. The summed E-state index contributed by atoms with van der Waals surface area (Å²) in [6.07, 6.45) is 0.207. The molecule has 2 heterocycles. The van der Waals surface area contributed by atoms with Gasteiger partial charge in [0.25, 0.3) is 0 Å². The van der Waals surface area contributed by atoms with E-state index in [0.29, 0.717) is 24.9 Å². The fraction of sp³-hybridized carbons (Fsp3) is 0.286. The molecule has 6 nitrogen and oxygen atoms in total. The Morgan fingerprint density at radius 2 is 2.04 bits per heavy atom. The van der Waals surface area contributed by atoms with Crippen molar-refractivity contribution in [1.82, 2.24) is 10.1 Å². The monoisotopic (exact) mass is 381 g/mol. The Morgan fingerprint density at radius 1 is 1.25 bits per heavy atom. The highest BCUT2D eigenvalue weighted by molar-refractivity contribution is 5.96. The first-order chi connectivity index (χ1) is 13.5. The fourth-order valence-corrected chi connectivity index (χ4v) is 3.32. The second kappa shape index (κ2) is 7.42. The van der Waals surface area contributed by atoms with Crippen LogP contribution in [-0.2, 0) is 4.79 Å². The Balaban J connectivity index is 1.52. The minimum atomic E-state index is -0.408. The van der Waals surface area contributed by atoms with Crippen LogP contribution in [0.1, 0.15) is 30.7 Å². The summed E-state index contributed by atoms with van der Waals surface area (Å²) in [5, 5.41) is 4.03. The van der Waals surface area contributed by atoms with E-state index in [9.17, 15) is 9.18 Å². The number of hydrogen-bond acceptors (Lipinski definition) is 5. The zero-order valence-corrected chi connectivity index (χ0v) is 15.7. The molecule has 144 valence electrons. The van der Waals surface area contributed by atoms with E-state index >= 15 is 0 Å². The summed E-state index contributed by atoms with van der Waals surface area (Å²) in [7, 11) is 0. The number of carbonyl (C=O) groups excluding carboxylic acids is 1. The first-order valence-corrected chi connectivity index (χ1v) is 9.18. The molecule has 1 aliphatic rings. The lowest BCUT2D eigenvalue weighted by molar-refractivity contribution is -0.117. The molecule has 7 heteroatoms. The summed E-state index contributed by atoms with van der Waals surface area (Å²) in [5.41, 5.74) is 1.88. The molecule has 0 spiro atoms. The van der Waals surface area contributed by atoms with Crippen LogP contribution in [0.15, 0.2) is 47.0 Å². The highest BCUT2D eigenvalue weighted by atomic mass is 19.1. The van der Waals surface area contributed by atoms with Crippen LogP contribution in [0.5, 0.6) is 5.75 Å². The maximum Gasteiger partial charge on any atom is 0.232 e. The molecule has 0 aliphatic carbocycles. The van der Waals surface area contributed by atoms with Crippen molar-refractivity contribution < 1.29 is 18.4 Å². The van der Waals surface area contributed by atoms with Crippen LogP contribution in [0, 0.1) is 12.7 Å². The third-order valence-electron chi connectivity index (χ3n) is 4.73. The molecular formula is C21H20FN3O3. The molecule has 1 aromatic heterocycles. The summed E-state index contributed by atoms with van der Waals surface area (Å²) in [4.78, 5) is 18.3. The number of rotatable bonds is 5. The Labute approximate surface area is 161 Å². The van der Waals surface area contributed by atoms with Gasteiger partial charge >= 0.3 is 0 Å². The van der Waals surface area contributed by atoms with Gasteiger partial charge in [-0.3, -0.25) is 4.79 Å². The van der Waals surface area contributed by atoms with Gasteiger partial charge < -0.3 is 14.2 Å². The predicted octanol–water partition coefficient (Wildman–Crippen LogP) is 4.10. The van der Waals surface area contributed by atoms with Gasteiger partial charge in [-0.15, -0.1) is 0 Å². The highest BCUT2D eigenvalue weighted by Crippen LogP contribution is 2.33. The minimum Gasteiger partial charge on any atom is -0.494 e. The third-order valence-corrected chi connectivity index (χ3v) is 4.73. The minimum absolute atomic E-state index is 0.159. The number of halogens is 1. The molecule has 0 radical (unpaired) electrons. The zero-order valence-electron chi connectivity index (χ0n) is 15.7. The number of ether oxygens (including phenoxy) is 1. The lowest BCUT2D eigenvalue weighted by atomic mass is 10.1. The smallest absolute Gasteiger partial charge is 0.232 e. The van der Waals surface area contributed by atoms with Crippen LogP contribution >= 0.6 is 0 Å². The number of anilines is 1. The Bertz CT molecular complexity index is 1000. The van der Waals surface area contributed by atoms with Crippen molar-refractivity contribution in [2.75, 3.05) is 18.1 Å². The topological polar surface area (TPSA) is 68.5 Å². The van der Waals surface area contributed by atoms with Gasteiger partial charge in [-0.05, 0) is 55.8 Å². The SMILES string of the molecule is CCOc1ccc(-c2noc(C3CC(=O)N(c4ccc(C)cc4F)C3)n2)cc1. The molecule has 2 aromatic carbocycles. The molecule has 1 amide bonds. The molecule has 28 heavy (non-hydrogen) atoms. The molecule has 1 aliphatic heterocycles. The molecular weight excluding hydrogens is 361 g/mol. The fourth-order valence-electron chi connectivity index (χ4n) is 3.32. The highest BCUT2D eigenvalue weighted by Gasteiger charge is 2.36. The maximum absolute atomic E-state index is 14.3. The summed E-state index contributed by atoms with van der Waals surface area (Å²) in [6.45, 7) is 4.64. The second-order valence-corrected chi connectivity index (χ2v) is 6.77. The van der Waals surface area contributed by atoms with Crippen molar-refractivity contribution in [3.8, 4) is 17.1 Å². The van der Waals surface area contributed by atoms with Crippen molar-refractivity contribution >= 4 is 11.6 Å². The number of benzene rings is 2. The van der Waals surface area contributed by atoms with Crippen molar-refractivity contribution in [2.24, 2.45) is 0 Å². The van der Waals surface area contributed by atoms with Crippen LogP contribution in [0.2, 0.25) is 0 Å². The largest absolute Gasteiger partial charge is 0.494 e. The molecule has 1 fully saturated rings. The van der Waals surface area contributed by atoms with E-state index < -0.39 is 5.82 Å². The molecule has 1 saturated heterocycles. The predicted molar refractivity (Wildman–Crippen MR) is 102 cm³/mol. The summed E-state index contributed by atoms with van der Waals surface area (Å²) >= 11 is 0. The van der Waals surface area contributed by atoms with Crippen LogP contribution < -0.4 is 9.64 Å². The van der Waals surface area contributed by atoms with E-state index in [1.54, 1.807) is 12.1 Å². The number of carbonyl (C=O) groups is 1. The van der Waals surface area contributed by atoms with Gasteiger partial charge in [-0.2, -0.15) is 4.98 Å². The van der Waals surface area contributed by atoms with Crippen molar-refractivity contribution in [2.45, 2.75) is 26.2 Å². The summed E-state index contributed by atoms with van der Waals surface area (Å²) < 4.78 is 25.1. The van der Waals surface area contributed by atoms with E-state index in [1.807, 2.05) is 38.1 Å². The van der Waals surface area contributed by atoms with Crippen molar-refractivity contribution in [3.63, 3.8) is 0 Å². The van der Waals surface area contributed by atoms with Gasteiger partial charge in [0.1, 0.15) is 11.6 Å². The van der Waals surface area contributed by atoms with Crippen LogP contribution in [0.4, 0.5) is 10.1 Å². The van der Waals surface area contributed by atoms with Gasteiger partial charge in [0.05, 0.1) is 18.2 Å². The Kier molecular flexibility index (Phi) is 4.81. The van der Waals surface area contributed by atoms with E-state index in [4.69, 9.17) is 9.26 Å². The molecule has 0 bridgehead atoms. The molecule has 1 unspecified atom stereocenters. The van der Waals surface area contributed by atoms with E-state index in [2.05, 4.69) is 10.1 Å². The Hall–Kier alpha value is -3.22. The summed E-state index contributed by atoms with van der Waals surface area (Å²) in [5.74, 6) is 0.769. The van der Waals surface area contributed by atoms with Gasteiger partial charge in [0.15, 0.2) is 0 Å². The van der Waals surface area contributed by atoms with E-state index in [1.165, 1.54) is 11.0 Å². The number of hydrogen-bond donors (Lipinski definition) is 0. The summed E-state index contributed by atoms with van der Waals surface area (Å²) in [6, 6.07) is 12.2. The standard InChI is InChI=1S/C21H20FN3O3/c1-3-27-16-7-5-14(6-8-16)20-23-21(28-24-20)15-11-19(26)25(12-15)18-9-4-13(2)10-17(18)22/h4-10,15H,3,11-12H2,1-2H3. The number of aromatic nitrogens is 2. The molecule has 1 atom stereocenters. The van der Waals surface area contributed by atoms with E-state index in [0.717, 1.165) is 16.9 Å². The van der Waals surface area contributed by atoms with Gasteiger partial charge in [-0.25, -0.2) is 4.39 Å². The average molecular weight is 381 g/mol. The van der Waals surface area contributed by atoms with Crippen LogP contribution in [-0.4, -0.2) is 29.2 Å². The number of amides is 1. The van der Waals surface area contributed by atoms with Crippen molar-refractivity contribution in [1.29, 1.82) is 0 Å². The zero-order chi connectivity index (χ0) is 19.7. The quantitative estimate of drug-likeness (QED) is 0.665. The van der Waals surface area contributed by atoms with Crippen LogP contribution in [0.25, 0.3) is 11.4 Å². The number of aryl methyl sites for hydroxylation is 1. The van der Waals surface area contributed by atoms with Gasteiger partial charge in [0, 0.05) is 18.5 Å². The lowest BCUT2D eigenvalue weighted by Crippen LogP contribution is -2.25. The first-order valence-electron chi connectivity index (χ1n) is 9.18. The van der Waals surface area contributed by atoms with Crippen LogP contribution in [0.3, 0.4) is 0 Å². The lowest BCUT2D eigenvalue weighted by Gasteiger charge is -2.17.